The summed E-state index contributed by atoms with van der Waals surface area (Å²) in [6.07, 6.45) is -2.28. The molecule has 1 heterocycles. The first-order valence-corrected chi connectivity index (χ1v) is 4.97. The molecule has 1 rings (SSSR count). The molecule has 0 fully saturated rings. The zero-order valence-corrected chi connectivity index (χ0v) is 9.43. The molecule has 0 bridgehead atoms. The molecule has 0 aliphatic heterocycles. The minimum absolute atomic E-state index is 0.329. The van der Waals surface area contributed by atoms with Crippen LogP contribution >= 0.6 is 15.9 Å². The summed E-state index contributed by atoms with van der Waals surface area (Å²) in [7, 11) is 0. The van der Waals surface area contributed by atoms with E-state index in [0.717, 1.165) is 0 Å². The SMILES string of the molecule is CC(CC(F)(F)F)Nc1cnc(Br)cn1. The Morgan fingerprint density at radius 2 is 2.07 bits per heavy atom. The molecular weight excluding hydrogens is 275 g/mol. The smallest absolute Gasteiger partial charge is 0.366 e. The van der Waals surface area contributed by atoms with Crippen LogP contribution in [0.15, 0.2) is 17.0 Å². The summed E-state index contributed by atoms with van der Waals surface area (Å²) in [5.74, 6) is 0.329. The third-order valence-corrected chi connectivity index (χ3v) is 1.96. The van der Waals surface area contributed by atoms with Gasteiger partial charge < -0.3 is 5.32 Å². The standard InChI is InChI=1S/C8H9BrF3N3/c1-5(2-8(10,11)12)15-7-4-13-6(9)3-14-7/h3-5H,2H2,1H3,(H,14,15). The molecule has 1 aromatic rings. The number of hydrogen-bond acceptors (Lipinski definition) is 3. The van der Waals surface area contributed by atoms with E-state index in [1.165, 1.54) is 19.3 Å². The number of hydrogen-bond donors (Lipinski definition) is 1. The topological polar surface area (TPSA) is 37.8 Å². The van der Waals surface area contributed by atoms with Gasteiger partial charge in [-0.15, -0.1) is 0 Å². The van der Waals surface area contributed by atoms with Crippen LogP contribution in [0, 0.1) is 0 Å². The molecule has 7 heteroatoms. The van der Waals surface area contributed by atoms with Crippen molar-refractivity contribution < 1.29 is 13.2 Å². The average molecular weight is 284 g/mol. The quantitative estimate of drug-likeness (QED) is 0.927. The molecule has 15 heavy (non-hydrogen) atoms. The first-order chi connectivity index (χ1) is 6.87. The highest BCUT2D eigenvalue weighted by molar-refractivity contribution is 9.10. The highest BCUT2D eigenvalue weighted by Gasteiger charge is 2.29. The van der Waals surface area contributed by atoms with Crippen molar-refractivity contribution in [1.82, 2.24) is 9.97 Å². The van der Waals surface area contributed by atoms with E-state index in [2.05, 4.69) is 31.2 Å². The lowest BCUT2D eigenvalue weighted by Crippen LogP contribution is -2.24. The first-order valence-electron chi connectivity index (χ1n) is 4.17. The summed E-state index contributed by atoms with van der Waals surface area (Å²) < 4.78 is 36.5. The van der Waals surface area contributed by atoms with Crippen LogP contribution in [0.25, 0.3) is 0 Å². The Bertz CT molecular complexity index is 312. The first kappa shape index (κ1) is 12.2. The molecule has 1 atom stereocenters. The fraction of sp³-hybridized carbons (Fsp3) is 0.500. The van der Waals surface area contributed by atoms with Gasteiger partial charge in [0.05, 0.1) is 18.8 Å². The molecule has 0 saturated carbocycles. The fourth-order valence-corrected chi connectivity index (χ4v) is 1.24. The van der Waals surface area contributed by atoms with Gasteiger partial charge in [0.2, 0.25) is 0 Å². The maximum absolute atomic E-state index is 12.0. The number of anilines is 1. The van der Waals surface area contributed by atoms with Gasteiger partial charge in [-0.3, -0.25) is 0 Å². The Kier molecular flexibility index (Phi) is 3.90. The molecule has 1 unspecified atom stereocenters. The molecule has 0 spiro atoms. The van der Waals surface area contributed by atoms with Crippen molar-refractivity contribution in [3.05, 3.63) is 17.0 Å². The summed E-state index contributed by atoms with van der Waals surface area (Å²) in [5.41, 5.74) is 0. The van der Waals surface area contributed by atoms with E-state index in [1.807, 2.05) is 0 Å². The van der Waals surface area contributed by atoms with Gasteiger partial charge in [0.25, 0.3) is 0 Å². The largest absolute Gasteiger partial charge is 0.391 e. The van der Waals surface area contributed by atoms with Gasteiger partial charge in [0.15, 0.2) is 0 Å². The van der Waals surface area contributed by atoms with Gasteiger partial charge in [-0.05, 0) is 22.9 Å². The lowest BCUT2D eigenvalue weighted by molar-refractivity contribution is -0.136. The van der Waals surface area contributed by atoms with E-state index in [0.29, 0.717) is 10.4 Å². The minimum Gasteiger partial charge on any atom is -0.366 e. The van der Waals surface area contributed by atoms with Gasteiger partial charge in [-0.1, -0.05) is 0 Å². The third-order valence-electron chi connectivity index (χ3n) is 1.55. The van der Waals surface area contributed by atoms with Crippen LogP contribution in [0.4, 0.5) is 19.0 Å². The summed E-state index contributed by atoms with van der Waals surface area (Å²) in [5, 5.41) is 2.61. The van der Waals surface area contributed by atoms with Crippen LogP contribution in [0.1, 0.15) is 13.3 Å². The van der Waals surface area contributed by atoms with Gasteiger partial charge in [-0.2, -0.15) is 13.2 Å². The van der Waals surface area contributed by atoms with Crippen molar-refractivity contribution >= 4 is 21.7 Å². The fourth-order valence-electron chi connectivity index (χ4n) is 1.04. The van der Waals surface area contributed by atoms with Crippen LogP contribution in [-0.2, 0) is 0 Å². The molecule has 84 valence electrons. The van der Waals surface area contributed by atoms with Crippen LogP contribution in [0.3, 0.4) is 0 Å². The predicted molar refractivity (Wildman–Crippen MR) is 53.5 cm³/mol. The molecule has 1 aromatic heterocycles. The summed E-state index contributed by atoms with van der Waals surface area (Å²) in [6.45, 7) is 1.44. The Balaban J connectivity index is 2.51. The lowest BCUT2D eigenvalue weighted by atomic mass is 10.2. The summed E-state index contributed by atoms with van der Waals surface area (Å²) in [4.78, 5) is 7.70. The van der Waals surface area contributed by atoms with Gasteiger partial charge in [-0.25, -0.2) is 9.97 Å². The van der Waals surface area contributed by atoms with E-state index < -0.39 is 18.6 Å². The predicted octanol–water partition coefficient (Wildman–Crippen LogP) is 2.99. The van der Waals surface area contributed by atoms with Crippen LogP contribution < -0.4 is 5.32 Å². The molecule has 0 amide bonds. The molecular formula is C8H9BrF3N3. The van der Waals surface area contributed by atoms with E-state index in [9.17, 15) is 13.2 Å². The Hall–Kier alpha value is -0.850. The second-order valence-corrected chi connectivity index (χ2v) is 3.90. The third kappa shape index (κ3) is 4.96. The number of halogens is 4. The Labute approximate surface area is 93.2 Å². The van der Waals surface area contributed by atoms with E-state index in [-0.39, 0.29) is 0 Å². The normalized spacial score (nSPS) is 13.7. The van der Waals surface area contributed by atoms with E-state index in [4.69, 9.17) is 0 Å². The van der Waals surface area contributed by atoms with E-state index >= 15 is 0 Å². The molecule has 0 saturated heterocycles. The molecule has 0 aliphatic carbocycles. The van der Waals surface area contributed by atoms with Gasteiger partial charge >= 0.3 is 6.18 Å². The van der Waals surface area contributed by atoms with Crippen molar-refractivity contribution in [3.63, 3.8) is 0 Å². The van der Waals surface area contributed by atoms with Crippen molar-refractivity contribution in [2.45, 2.75) is 25.6 Å². The second-order valence-electron chi connectivity index (χ2n) is 3.09. The monoisotopic (exact) mass is 283 g/mol. The highest BCUT2D eigenvalue weighted by Crippen LogP contribution is 2.22. The molecule has 0 aliphatic rings. The van der Waals surface area contributed by atoms with E-state index in [1.54, 1.807) is 0 Å². The van der Waals surface area contributed by atoms with Gasteiger partial charge in [0.1, 0.15) is 10.4 Å². The zero-order chi connectivity index (χ0) is 11.5. The number of aromatic nitrogens is 2. The Morgan fingerprint density at radius 1 is 1.40 bits per heavy atom. The maximum atomic E-state index is 12.0. The molecule has 0 radical (unpaired) electrons. The number of nitrogens with zero attached hydrogens (tertiary/aromatic N) is 2. The summed E-state index contributed by atoms with van der Waals surface area (Å²) in [6, 6.07) is -0.722. The lowest BCUT2D eigenvalue weighted by Gasteiger charge is -2.15. The van der Waals surface area contributed by atoms with Crippen molar-refractivity contribution in [2.24, 2.45) is 0 Å². The van der Waals surface area contributed by atoms with Crippen molar-refractivity contribution in [1.29, 1.82) is 0 Å². The zero-order valence-electron chi connectivity index (χ0n) is 7.85. The van der Waals surface area contributed by atoms with Crippen molar-refractivity contribution in [2.75, 3.05) is 5.32 Å². The second kappa shape index (κ2) is 4.78. The molecule has 3 nitrogen and oxygen atoms in total. The number of alkyl halides is 3. The van der Waals surface area contributed by atoms with Crippen molar-refractivity contribution in [3.8, 4) is 0 Å². The van der Waals surface area contributed by atoms with Crippen LogP contribution in [0.2, 0.25) is 0 Å². The van der Waals surface area contributed by atoms with Crippen LogP contribution in [-0.4, -0.2) is 22.2 Å². The minimum atomic E-state index is -4.17. The maximum Gasteiger partial charge on any atom is 0.391 e. The number of nitrogens with one attached hydrogen (secondary N) is 1. The summed E-state index contributed by atoms with van der Waals surface area (Å²) >= 11 is 3.08. The highest BCUT2D eigenvalue weighted by atomic mass is 79.9. The molecule has 0 aromatic carbocycles. The number of rotatable bonds is 3. The van der Waals surface area contributed by atoms with Gasteiger partial charge in [0, 0.05) is 6.04 Å². The average Bonchev–Trinajstić information content (AvgIpc) is 2.05. The molecule has 1 N–H and O–H groups in total. The van der Waals surface area contributed by atoms with Crippen LogP contribution in [0.5, 0.6) is 0 Å². The Morgan fingerprint density at radius 3 is 2.53 bits per heavy atom.